The van der Waals surface area contributed by atoms with Crippen LogP contribution in [0.1, 0.15) is 20.9 Å². The minimum atomic E-state index is -0.457. The van der Waals surface area contributed by atoms with Crippen molar-refractivity contribution in [2.24, 2.45) is 0 Å². The summed E-state index contributed by atoms with van der Waals surface area (Å²) < 4.78 is 1.91. The maximum atomic E-state index is 12.8. The van der Waals surface area contributed by atoms with Crippen molar-refractivity contribution in [2.75, 3.05) is 5.32 Å². The summed E-state index contributed by atoms with van der Waals surface area (Å²) in [6.07, 6.45) is 1.92. The fraction of sp³-hybridized carbons (Fsp3) is 0.100. The van der Waals surface area contributed by atoms with E-state index in [1.54, 1.807) is 13.0 Å². The molecule has 8 heteroatoms. The summed E-state index contributed by atoms with van der Waals surface area (Å²) in [6.45, 7) is 3.60. The molecule has 4 rings (SSSR count). The molecule has 0 spiro atoms. The second kappa shape index (κ2) is 6.90. The molecule has 0 aliphatic heterocycles. The number of hydrogen-bond acceptors (Lipinski definition) is 5. The molecule has 0 saturated carbocycles. The maximum absolute atomic E-state index is 12.8. The van der Waals surface area contributed by atoms with Gasteiger partial charge in [-0.2, -0.15) is 0 Å². The molecule has 2 heterocycles. The van der Waals surface area contributed by atoms with E-state index in [0.29, 0.717) is 16.1 Å². The van der Waals surface area contributed by atoms with Crippen molar-refractivity contribution in [1.82, 2.24) is 9.38 Å². The lowest BCUT2D eigenvalue weighted by Crippen LogP contribution is -2.13. The molecule has 1 amide bonds. The third-order valence-corrected chi connectivity index (χ3v) is 5.66. The number of nitrogens with zero attached hydrogens (tertiary/aromatic N) is 3. The Morgan fingerprint density at radius 2 is 1.93 bits per heavy atom. The van der Waals surface area contributed by atoms with Gasteiger partial charge in [0.05, 0.1) is 10.6 Å². The number of rotatable bonds is 4. The van der Waals surface area contributed by atoms with Crippen LogP contribution in [0.15, 0.2) is 54.7 Å². The molecule has 2 aromatic carbocycles. The van der Waals surface area contributed by atoms with Crippen LogP contribution in [0.25, 0.3) is 16.2 Å². The molecule has 2 aromatic heterocycles. The molecule has 0 saturated heterocycles. The first kappa shape index (κ1) is 17.9. The Morgan fingerprint density at radius 3 is 2.57 bits per heavy atom. The van der Waals surface area contributed by atoms with E-state index in [-0.39, 0.29) is 11.6 Å². The molecule has 0 aliphatic carbocycles. The van der Waals surface area contributed by atoms with Gasteiger partial charge in [0, 0.05) is 35.3 Å². The summed E-state index contributed by atoms with van der Waals surface area (Å²) in [4.78, 5) is 29.1. The predicted molar refractivity (Wildman–Crippen MR) is 109 cm³/mol. The van der Waals surface area contributed by atoms with Gasteiger partial charge in [0.2, 0.25) is 0 Å². The second-order valence-corrected chi connectivity index (χ2v) is 7.35. The van der Waals surface area contributed by atoms with Crippen molar-refractivity contribution in [3.8, 4) is 11.3 Å². The summed E-state index contributed by atoms with van der Waals surface area (Å²) >= 11 is 1.31. The number of benzene rings is 2. The molecular formula is C20H16N4O3S. The van der Waals surface area contributed by atoms with Gasteiger partial charge < -0.3 is 5.32 Å². The summed E-state index contributed by atoms with van der Waals surface area (Å²) in [5, 5.41) is 13.7. The number of carbonyl (C=O) groups excluding carboxylic acids is 1. The number of carbonyl (C=O) groups is 1. The van der Waals surface area contributed by atoms with Crippen molar-refractivity contribution >= 4 is 33.6 Å². The van der Waals surface area contributed by atoms with E-state index >= 15 is 0 Å². The zero-order chi connectivity index (χ0) is 19.8. The lowest BCUT2D eigenvalue weighted by atomic mass is 10.1. The Morgan fingerprint density at radius 1 is 1.18 bits per heavy atom. The zero-order valence-corrected chi connectivity index (χ0v) is 16.0. The number of nitro groups is 1. The Balaban J connectivity index is 1.62. The highest BCUT2D eigenvalue weighted by Crippen LogP contribution is 2.28. The van der Waals surface area contributed by atoms with E-state index < -0.39 is 4.92 Å². The second-order valence-electron chi connectivity index (χ2n) is 6.37. The third kappa shape index (κ3) is 3.14. The van der Waals surface area contributed by atoms with Crippen LogP contribution >= 0.6 is 11.3 Å². The number of nitro benzene ring substituents is 1. The zero-order valence-electron chi connectivity index (χ0n) is 15.2. The van der Waals surface area contributed by atoms with Crippen LogP contribution in [0.2, 0.25) is 0 Å². The average molecular weight is 392 g/mol. The SMILES string of the molecule is Cc1cc([N+](=O)[O-])ccc1NC(=O)c1sc2nc(-c3ccccc3)cn2c1C. The van der Waals surface area contributed by atoms with Gasteiger partial charge in [0.25, 0.3) is 11.6 Å². The first-order valence-corrected chi connectivity index (χ1v) is 9.36. The summed E-state index contributed by atoms with van der Waals surface area (Å²) in [5.74, 6) is -0.258. The number of thiazole rings is 1. The number of amides is 1. The monoisotopic (exact) mass is 392 g/mol. The van der Waals surface area contributed by atoms with Gasteiger partial charge in [-0.3, -0.25) is 19.3 Å². The molecule has 0 unspecified atom stereocenters. The van der Waals surface area contributed by atoms with Crippen LogP contribution in [0, 0.1) is 24.0 Å². The van der Waals surface area contributed by atoms with Gasteiger partial charge in [0.15, 0.2) is 4.96 Å². The van der Waals surface area contributed by atoms with E-state index in [2.05, 4.69) is 10.3 Å². The average Bonchev–Trinajstić information content (AvgIpc) is 3.23. The minimum absolute atomic E-state index is 0.00489. The molecule has 1 N–H and O–H groups in total. The maximum Gasteiger partial charge on any atom is 0.269 e. The van der Waals surface area contributed by atoms with Gasteiger partial charge in [0.1, 0.15) is 4.88 Å². The third-order valence-electron chi connectivity index (χ3n) is 4.50. The summed E-state index contributed by atoms with van der Waals surface area (Å²) in [6, 6.07) is 14.2. The van der Waals surface area contributed by atoms with Crippen molar-refractivity contribution in [2.45, 2.75) is 13.8 Å². The number of aromatic nitrogens is 2. The van der Waals surface area contributed by atoms with E-state index in [4.69, 9.17) is 0 Å². The number of non-ortho nitro benzene ring substituents is 1. The highest BCUT2D eigenvalue weighted by Gasteiger charge is 2.19. The van der Waals surface area contributed by atoms with Gasteiger partial charge >= 0.3 is 0 Å². The highest BCUT2D eigenvalue weighted by molar-refractivity contribution is 7.19. The van der Waals surface area contributed by atoms with Crippen molar-refractivity contribution < 1.29 is 9.72 Å². The Bertz CT molecular complexity index is 1210. The summed E-state index contributed by atoms with van der Waals surface area (Å²) in [7, 11) is 0. The molecule has 0 aliphatic rings. The fourth-order valence-electron chi connectivity index (χ4n) is 2.99. The van der Waals surface area contributed by atoms with Crippen LogP contribution in [-0.4, -0.2) is 20.2 Å². The normalized spacial score (nSPS) is 10.9. The van der Waals surface area contributed by atoms with Crippen LogP contribution in [0.4, 0.5) is 11.4 Å². The number of aryl methyl sites for hydroxylation is 2. The Kier molecular flexibility index (Phi) is 4.40. The smallest absolute Gasteiger partial charge is 0.269 e. The minimum Gasteiger partial charge on any atom is -0.321 e. The molecule has 0 fully saturated rings. The van der Waals surface area contributed by atoms with E-state index in [9.17, 15) is 14.9 Å². The number of anilines is 1. The topological polar surface area (TPSA) is 89.5 Å². The Hall–Kier alpha value is -3.52. The first-order chi connectivity index (χ1) is 13.4. The first-order valence-electron chi connectivity index (χ1n) is 8.54. The number of hydrogen-bond donors (Lipinski definition) is 1. The molecule has 4 aromatic rings. The van der Waals surface area contributed by atoms with E-state index in [0.717, 1.165) is 21.9 Å². The predicted octanol–water partition coefficient (Wildman–Crippen LogP) is 4.84. The van der Waals surface area contributed by atoms with Crippen molar-refractivity contribution in [1.29, 1.82) is 0 Å². The Labute approximate surface area is 164 Å². The lowest BCUT2D eigenvalue weighted by Gasteiger charge is -2.07. The molecule has 140 valence electrons. The molecule has 0 bridgehead atoms. The van der Waals surface area contributed by atoms with Gasteiger partial charge in [-0.15, -0.1) is 0 Å². The summed E-state index contributed by atoms with van der Waals surface area (Å²) in [5.41, 5.74) is 3.85. The fourth-order valence-corrected chi connectivity index (χ4v) is 3.99. The van der Waals surface area contributed by atoms with Crippen LogP contribution in [0.5, 0.6) is 0 Å². The quantitative estimate of drug-likeness (QED) is 0.397. The molecule has 28 heavy (non-hydrogen) atoms. The number of fused-ring (bicyclic) bond motifs is 1. The largest absolute Gasteiger partial charge is 0.321 e. The standard InChI is InChI=1S/C20H16N4O3S/c1-12-10-15(24(26)27)8-9-16(12)21-19(25)18-13(2)23-11-17(22-20(23)28-18)14-6-4-3-5-7-14/h3-11H,1-2H3,(H,21,25). The lowest BCUT2D eigenvalue weighted by molar-refractivity contribution is -0.384. The highest BCUT2D eigenvalue weighted by atomic mass is 32.1. The van der Waals surface area contributed by atoms with Crippen LogP contribution in [-0.2, 0) is 0 Å². The van der Waals surface area contributed by atoms with Crippen molar-refractivity contribution in [3.63, 3.8) is 0 Å². The molecular weight excluding hydrogens is 376 g/mol. The molecule has 0 radical (unpaired) electrons. The van der Waals surface area contributed by atoms with Crippen LogP contribution in [0.3, 0.4) is 0 Å². The van der Waals surface area contributed by atoms with Gasteiger partial charge in [-0.1, -0.05) is 41.7 Å². The van der Waals surface area contributed by atoms with Crippen molar-refractivity contribution in [3.05, 3.63) is 81.0 Å². The van der Waals surface area contributed by atoms with Gasteiger partial charge in [-0.05, 0) is 25.5 Å². The number of nitrogens with one attached hydrogen (secondary N) is 1. The number of imidazole rings is 1. The van der Waals surface area contributed by atoms with Gasteiger partial charge in [-0.25, -0.2) is 4.98 Å². The molecule has 0 atom stereocenters. The van der Waals surface area contributed by atoms with E-state index in [1.807, 2.05) is 47.9 Å². The molecule has 7 nitrogen and oxygen atoms in total. The van der Waals surface area contributed by atoms with E-state index in [1.165, 1.54) is 23.5 Å². The van der Waals surface area contributed by atoms with Crippen LogP contribution < -0.4 is 5.32 Å².